The number of aromatic nitrogens is 1. The molecule has 0 bridgehead atoms. The standard InChI is InChI=1S/C55H36N2O/c1-2-12-39(13-3-1)47-17-10-11-21-52(47)57(45-33-28-41(29-34-45)51-36-43-15-5-6-16-46(43)49-19-8-9-20-50(49)51)44-31-26-38(27-32-44)37-22-24-42(25-23-37)55-56-54-48-18-7-4-14-40(48)30-35-53(54)58-55/h1-36H. The Kier molecular flexibility index (Phi) is 8.15. The third kappa shape index (κ3) is 5.89. The second-order valence-electron chi connectivity index (χ2n) is 14.7. The molecule has 0 radical (unpaired) electrons. The summed E-state index contributed by atoms with van der Waals surface area (Å²) in [6.07, 6.45) is 0. The van der Waals surface area contributed by atoms with Gasteiger partial charge < -0.3 is 9.32 Å². The van der Waals surface area contributed by atoms with E-state index in [4.69, 9.17) is 9.40 Å². The van der Waals surface area contributed by atoms with Crippen molar-refractivity contribution >= 4 is 60.5 Å². The van der Waals surface area contributed by atoms with Gasteiger partial charge in [0.2, 0.25) is 5.89 Å². The van der Waals surface area contributed by atoms with Gasteiger partial charge in [-0.05, 0) is 109 Å². The third-order valence-corrected chi connectivity index (χ3v) is 11.3. The zero-order chi connectivity index (χ0) is 38.4. The minimum Gasteiger partial charge on any atom is -0.436 e. The highest BCUT2D eigenvalue weighted by Gasteiger charge is 2.18. The molecular weight excluding hydrogens is 705 g/mol. The Bertz CT molecular complexity index is 3260. The fourth-order valence-electron chi connectivity index (χ4n) is 8.43. The maximum absolute atomic E-state index is 6.23. The van der Waals surface area contributed by atoms with Gasteiger partial charge in [0.05, 0.1) is 5.69 Å². The second kappa shape index (κ2) is 14.1. The number of nitrogens with zero attached hydrogens (tertiary/aromatic N) is 2. The van der Waals surface area contributed by atoms with Crippen molar-refractivity contribution < 1.29 is 4.42 Å². The summed E-state index contributed by atoms with van der Waals surface area (Å²) in [6, 6.07) is 77.8. The van der Waals surface area contributed by atoms with Crippen LogP contribution in [0.5, 0.6) is 0 Å². The molecule has 1 aromatic heterocycles. The van der Waals surface area contributed by atoms with Crippen LogP contribution in [0.3, 0.4) is 0 Å². The van der Waals surface area contributed by atoms with Gasteiger partial charge in [-0.3, -0.25) is 0 Å². The summed E-state index contributed by atoms with van der Waals surface area (Å²) in [7, 11) is 0. The highest BCUT2D eigenvalue weighted by atomic mass is 16.3. The summed E-state index contributed by atoms with van der Waals surface area (Å²) in [5.41, 5.74) is 12.9. The van der Waals surface area contributed by atoms with Crippen molar-refractivity contribution in [3.63, 3.8) is 0 Å². The first-order valence-corrected chi connectivity index (χ1v) is 19.7. The molecule has 0 spiro atoms. The van der Waals surface area contributed by atoms with Crippen LogP contribution in [-0.2, 0) is 0 Å². The number of hydrogen-bond acceptors (Lipinski definition) is 3. The quantitative estimate of drug-likeness (QED) is 0.152. The number of para-hydroxylation sites is 1. The zero-order valence-corrected chi connectivity index (χ0v) is 31.6. The van der Waals surface area contributed by atoms with Crippen LogP contribution in [0.15, 0.2) is 223 Å². The van der Waals surface area contributed by atoms with E-state index < -0.39 is 0 Å². The topological polar surface area (TPSA) is 29.3 Å². The van der Waals surface area contributed by atoms with E-state index in [9.17, 15) is 0 Å². The highest BCUT2D eigenvalue weighted by molar-refractivity contribution is 6.14. The lowest BCUT2D eigenvalue weighted by molar-refractivity contribution is 0.620. The molecular formula is C55H36N2O. The van der Waals surface area contributed by atoms with Crippen LogP contribution in [0.4, 0.5) is 17.1 Å². The van der Waals surface area contributed by atoms with E-state index >= 15 is 0 Å². The molecule has 11 rings (SSSR count). The average Bonchev–Trinajstić information content (AvgIpc) is 3.75. The molecule has 0 unspecified atom stereocenters. The van der Waals surface area contributed by atoms with E-state index in [1.165, 1.54) is 43.8 Å². The van der Waals surface area contributed by atoms with Crippen molar-refractivity contribution in [1.29, 1.82) is 0 Å². The van der Waals surface area contributed by atoms with E-state index in [0.717, 1.165) is 55.6 Å². The summed E-state index contributed by atoms with van der Waals surface area (Å²) in [4.78, 5) is 7.28. The van der Waals surface area contributed by atoms with Crippen molar-refractivity contribution in [2.75, 3.05) is 4.90 Å². The van der Waals surface area contributed by atoms with Crippen LogP contribution in [0.25, 0.3) is 88.3 Å². The van der Waals surface area contributed by atoms with Gasteiger partial charge >= 0.3 is 0 Å². The van der Waals surface area contributed by atoms with Crippen LogP contribution in [0.2, 0.25) is 0 Å². The molecule has 0 saturated heterocycles. The predicted octanol–water partition coefficient (Wildman–Crippen LogP) is 15.4. The zero-order valence-electron chi connectivity index (χ0n) is 31.6. The van der Waals surface area contributed by atoms with Crippen molar-refractivity contribution in [1.82, 2.24) is 4.98 Å². The van der Waals surface area contributed by atoms with Gasteiger partial charge in [0.25, 0.3) is 0 Å². The van der Waals surface area contributed by atoms with Gasteiger partial charge in [-0.25, -0.2) is 4.98 Å². The first-order valence-electron chi connectivity index (χ1n) is 19.7. The molecule has 0 amide bonds. The molecule has 0 aliphatic rings. The number of rotatable bonds is 7. The summed E-state index contributed by atoms with van der Waals surface area (Å²) in [6.45, 7) is 0. The Morgan fingerprint density at radius 2 is 0.879 bits per heavy atom. The van der Waals surface area contributed by atoms with Gasteiger partial charge in [0.1, 0.15) is 5.52 Å². The number of oxazole rings is 1. The molecule has 0 saturated carbocycles. The molecule has 0 fully saturated rings. The van der Waals surface area contributed by atoms with E-state index in [1.54, 1.807) is 0 Å². The summed E-state index contributed by atoms with van der Waals surface area (Å²) < 4.78 is 6.23. The SMILES string of the molecule is c1ccc(-c2ccccc2N(c2ccc(-c3ccc(-c4nc5c(ccc6ccccc65)o4)cc3)cc2)c2ccc(-c3cc4ccccc4c4ccccc34)cc2)cc1. The molecule has 58 heavy (non-hydrogen) atoms. The Morgan fingerprint density at radius 1 is 0.345 bits per heavy atom. The lowest BCUT2D eigenvalue weighted by Crippen LogP contribution is -2.11. The Labute approximate surface area is 336 Å². The van der Waals surface area contributed by atoms with Crippen LogP contribution in [0.1, 0.15) is 0 Å². The number of fused-ring (bicyclic) bond motifs is 6. The number of anilines is 3. The van der Waals surface area contributed by atoms with Crippen molar-refractivity contribution in [3.8, 4) is 44.8 Å². The van der Waals surface area contributed by atoms with Crippen molar-refractivity contribution in [2.24, 2.45) is 0 Å². The van der Waals surface area contributed by atoms with Gasteiger partial charge in [-0.1, -0.05) is 164 Å². The first kappa shape index (κ1) is 33.6. The van der Waals surface area contributed by atoms with Gasteiger partial charge in [0.15, 0.2) is 5.58 Å². The molecule has 0 aliphatic heterocycles. The monoisotopic (exact) mass is 740 g/mol. The highest BCUT2D eigenvalue weighted by Crippen LogP contribution is 2.43. The van der Waals surface area contributed by atoms with Crippen LogP contribution in [0, 0.1) is 0 Å². The lowest BCUT2D eigenvalue weighted by atomic mass is 9.93. The fraction of sp³-hybridized carbons (Fsp3) is 0. The predicted molar refractivity (Wildman–Crippen MR) is 243 cm³/mol. The smallest absolute Gasteiger partial charge is 0.227 e. The van der Waals surface area contributed by atoms with Crippen molar-refractivity contribution in [2.45, 2.75) is 0 Å². The molecule has 1 heterocycles. The first-order chi connectivity index (χ1) is 28.7. The van der Waals surface area contributed by atoms with E-state index in [-0.39, 0.29) is 0 Å². The minimum atomic E-state index is 0.626. The normalized spacial score (nSPS) is 11.4. The largest absolute Gasteiger partial charge is 0.436 e. The Balaban J connectivity index is 0.962. The molecule has 0 N–H and O–H groups in total. The maximum Gasteiger partial charge on any atom is 0.227 e. The molecule has 3 heteroatoms. The van der Waals surface area contributed by atoms with E-state index in [1.807, 2.05) is 18.2 Å². The summed E-state index contributed by atoms with van der Waals surface area (Å²) in [5, 5.41) is 7.30. The molecule has 11 aromatic rings. The van der Waals surface area contributed by atoms with Gasteiger partial charge in [-0.15, -0.1) is 0 Å². The third-order valence-electron chi connectivity index (χ3n) is 11.3. The molecule has 10 aromatic carbocycles. The molecule has 272 valence electrons. The number of hydrogen-bond donors (Lipinski definition) is 0. The molecule has 3 nitrogen and oxygen atoms in total. The second-order valence-corrected chi connectivity index (χ2v) is 14.7. The van der Waals surface area contributed by atoms with Crippen LogP contribution >= 0.6 is 0 Å². The van der Waals surface area contributed by atoms with Crippen LogP contribution < -0.4 is 4.90 Å². The fourth-order valence-corrected chi connectivity index (χ4v) is 8.43. The lowest BCUT2D eigenvalue weighted by Gasteiger charge is -2.28. The molecule has 0 atom stereocenters. The van der Waals surface area contributed by atoms with Crippen LogP contribution in [-0.4, -0.2) is 4.98 Å². The van der Waals surface area contributed by atoms with Gasteiger partial charge in [0, 0.05) is 27.9 Å². The van der Waals surface area contributed by atoms with Gasteiger partial charge in [-0.2, -0.15) is 0 Å². The van der Waals surface area contributed by atoms with E-state index in [2.05, 4.69) is 205 Å². The van der Waals surface area contributed by atoms with E-state index in [0.29, 0.717) is 5.89 Å². The average molecular weight is 741 g/mol. The Morgan fingerprint density at radius 3 is 1.62 bits per heavy atom. The number of benzene rings is 10. The van der Waals surface area contributed by atoms with Crippen molar-refractivity contribution in [3.05, 3.63) is 218 Å². The summed E-state index contributed by atoms with van der Waals surface area (Å²) >= 11 is 0. The maximum atomic E-state index is 6.23. The minimum absolute atomic E-state index is 0.626. The summed E-state index contributed by atoms with van der Waals surface area (Å²) in [5.74, 6) is 0.626. The Hall–Kier alpha value is -7.75. The molecule has 0 aliphatic carbocycles.